The summed E-state index contributed by atoms with van der Waals surface area (Å²) in [6, 6.07) is 18.4. The molecule has 18 heavy (non-hydrogen) atoms. The Balaban J connectivity index is 2.18. The molecule has 2 aromatic rings. The van der Waals surface area contributed by atoms with Crippen LogP contribution in [0.2, 0.25) is 0 Å². The van der Waals surface area contributed by atoms with Crippen molar-refractivity contribution in [1.82, 2.24) is 0 Å². The molecular weight excluding hydrogens is 224 g/mol. The summed E-state index contributed by atoms with van der Waals surface area (Å²) in [5, 5.41) is 0. The Morgan fingerprint density at radius 2 is 1.67 bits per heavy atom. The van der Waals surface area contributed by atoms with Crippen molar-refractivity contribution in [2.45, 2.75) is 13.3 Å². The Morgan fingerprint density at radius 3 is 2.39 bits per heavy atom. The van der Waals surface area contributed by atoms with Crippen molar-refractivity contribution in [3.63, 3.8) is 0 Å². The second-order valence-electron chi connectivity index (χ2n) is 4.11. The summed E-state index contributed by atoms with van der Waals surface area (Å²) in [6.45, 7) is 1.86. The topological polar surface area (TPSA) is 26.3 Å². The van der Waals surface area contributed by atoms with Gasteiger partial charge in [-0.3, -0.25) is 4.79 Å². The molecule has 2 heteroatoms. The smallest absolute Gasteiger partial charge is 0.302 e. The van der Waals surface area contributed by atoms with Crippen LogP contribution in [0.5, 0.6) is 0 Å². The van der Waals surface area contributed by atoms with E-state index in [-0.39, 0.29) is 5.97 Å². The van der Waals surface area contributed by atoms with Gasteiger partial charge in [-0.25, -0.2) is 0 Å². The van der Waals surface area contributed by atoms with E-state index in [9.17, 15) is 4.79 Å². The molecule has 0 unspecified atom stereocenters. The van der Waals surface area contributed by atoms with Crippen LogP contribution in [0.1, 0.15) is 12.5 Å². The van der Waals surface area contributed by atoms with Gasteiger partial charge in [0, 0.05) is 13.3 Å². The number of esters is 1. The Hall–Kier alpha value is -2.09. The zero-order chi connectivity index (χ0) is 12.8. The summed E-state index contributed by atoms with van der Waals surface area (Å²) in [4.78, 5) is 10.8. The number of benzene rings is 2. The molecule has 0 saturated heterocycles. The molecule has 0 N–H and O–H groups in total. The molecule has 0 spiro atoms. The summed E-state index contributed by atoms with van der Waals surface area (Å²) >= 11 is 0. The molecular formula is C16H16O2. The molecule has 2 rings (SSSR count). The fraction of sp³-hybridized carbons (Fsp3) is 0.188. The van der Waals surface area contributed by atoms with E-state index in [1.165, 1.54) is 23.6 Å². The molecule has 0 aliphatic heterocycles. The molecule has 0 radical (unpaired) electrons. The van der Waals surface area contributed by atoms with E-state index in [0.717, 1.165) is 6.42 Å². The fourth-order valence-electron chi connectivity index (χ4n) is 1.94. The van der Waals surface area contributed by atoms with Crippen LogP contribution >= 0.6 is 0 Å². The summed E-state index contributed by atoms with van der Waals surface area (Å²) < 4.78 is 5.00. The number of ether oxygens (including phenoxy) is 1. The van der Waals surface area contributed by atoms with Crippen LogP contribution in [0, 0.1) is 0 Å². The molecule has 0 fully saturated rings. The second kappa shape index (κ2) is 6.01. The van der Waals surface area contributed by atoms with Crippen LogP contribution in [0.25, 0.3) is 11.1 Å². The first-order valence-corrected chi connectivity index (χ1v) is 6.04. The molecule has 0 heterocycles. The SMILES string of the molecule is CC(=O)OCCc1ccccc1-c1ccccc1. The quantitative estimate of drug-likeness (QED) is 0.765. The highest BCUT2D eigenvalue weighted by molar-refractivity contribution is 5.68. The zero-order valence-electron chi connectivity index (χ0n) is 10.4. The van der Waals surface area contributed by atoms with Crippen molar-refractivity contribution in [1.29, 1.82) is 0 Å². The molecule has 2 aromatic carbocycles. The van der Waals surface area contributed by atoms with Gasteiger partial charge in [0.1, 0.15) is 0 Å². The molecule has 0 atom stereocenters. The number of hydrogen-bond acceptors (Lipinski definition) is 2. The Bertz CT molecular complexity index is 518. The molecule has 0 aliphatic carbocycles. The van der Waals surface area contributed by atoms with Crippen molar-refractivity contribution in [2.24, 2.45) is 0 Å². The average molecular weight is 240 g/mol. The molecule has 0 aromatic heterocycles. The maximum atomic E-state index is 10.8. The Kier molecular flexibility index (Phi) is 4.13. The molecule has 92 valence electrons. The van der Waals surface area contributed by atoms with E-state index < -0.39 is 0 Å². The van der Waals surface area contributed by atoms with Crippen molar-refractivity contribution in [2.75, 3.05) is 6.61 Å². The summed E-state index contributed by atoms with van der Waals surface area (Å²) in [5.74, 6) is -0.229. The van der Waals surface area contributed by atoms with Gasteiger partial charge in [-0.05, 0) is 16.7 Å². The third-order valence-corrected chi connectivity index (χ3v) is 2.78. The lowest BCUT2D eigenvalue weighted by Gasteiger charge is -2.09. The lowest BCUT2D eigenvalue weighted by molar-refractivity contribution is -0.140. The van der Waals surface area contributed by atoms with E-state index >= 15 is 0 Å². The lowest BCUT2D eigenvalue weighted by atomic mass is 9.98. The van der Waals surface area contributed by atoms with Crippen LogP contribution in [0.4, 0.5) is 0 Å². The Morgan fingerprint density at radius 1 is 1.00 bits per heavy atom. The number of carbonyl (C=O) groups excluding carboxylic acids is 1. The minimum absolute atomic E-state index is 0.229. The summed E-state index contributed by atoms with van der Waals surface area (Å²) in [7, 11) is 0. The van der Waals surface area contributed by atoms with E-state index in [1.807, 2.05) is 30.3 Å². The van der Waals surface area contributed by atoms with Gasteiger partial charge in [0.2, 0.25) is 0 Å². The standard InChI is InChI=1S/C16H16O2/c1-13(17)18-12-11-15-9-5-6-10-16(15)14-7-3-2-4-8-14/h2-10H,11-12H2,1H3. The highest BCUT2D eigenvalue weighted by atomic mass is 16.5. The van der Waals surface area contributed by atoms with Gasteiger partial charge in [-0.2, -0.15) is 0 Å². The molecule has 0 bridgehead atoms. The van der Waals surface area contributed by atoms with Gasteiger partial charge in [0.15, 0.2) is 0 Å². The minimum atomic E-state index is -0.229. The third-order valence-electron chi connectivity index (χ3n) is 2.78. The zero-order valence-corrected chi connectivity index (χ0v) is 10.4. The van der Waals surface area contributed by atoms with Gasteiger partial charge in [-0.1, -0.05) is 54.6 Å². The second-order valence-corrected chi connectivity index (χ2v) is 4.11. The molecule has 0 amide bonds. The van der Waals surface area contributed by atoms with Gasteiger partial charge in [0.25, 0.3) is 0 Å². The number of carbonyl (C=O) groups is 1. The van der Waals surface area contributed by atoms with Crippen molar-refractivity contribution in [3.05, 3.63) is 60.2 Å². The lowest BCUT2D eigenvalue weighted by Crippen LogP contribution is -2.04. The highest BCUT2D eigenvalue weighted by Gasteiger charge is 2.04. The number of rotatable bonds is 4. The van der Waals surface area contributed by atoms with Crippen LogP contribution in [-0.4, -0.2) is 12.6 Å². The summed E-state index contributed by atoms with van der Waals surface area (Å²) in [6.07, 6.45) is 0.741. The first-order chi connectivity index (χ1) is 8.77. The average Bonchev–Trinajstić information content (AvgIpc) is 2.40. The molecule has 0 aliphatic rings. The van der Waals surface area contributed by atoms with Crippen molar-refractivity contribution < 1.29 is 9.53 Å². The van der Waals surface area contributed by atoms with Gasteiger partial charge >= 0.3 is 5.97 Å². The first kappa shape index (κ1) is 12.4. The van der Waals surface area contributed by atoms with E-state index in [1.54, 1.807) is 0 Å². The largest absolute Gasteiger partial charge is 0.466 e. The maximum absolute atomic E-state index is 10.8. The first-order valence-electron chi connectivity index (χ1n) is 6.04. The monoisotopic (exact) mass is 240 g/mol. The van der Waals surface area contributed by atoms with Gasteiger partial charge in [-0.15, -0.1) is 0 Å². The fourth-order valence-corrected chi connectivity index (χ4v) is 1.94. The highest BCUT2D eigenvalue weighted by Crippen LogP contribution is 2.23. The molecule has 0 saturated carbocycles. The van der Waals surface area contributed by atoms with Crippen LogP contribution in [-0.2, 0) is 16.0 Å². The normalized spacial score (nSPS) is 10.1. The third kappa shape index (κ3) is 3.20. The van der Waals surface area contributed by atoms with E-state index in [4.69, 9.17) is 4.74 Å². The predicted octanol–water partition coefficient (Wildman–Crippen LogP) is 3.46. The van der Waals surface area contributed by atoms with Crippen molar-refractivity contribution in [3.8, 4) is 11.1 Å². The van der Waals surface area contributed by atoms with Crippen molar-refractivity contribution >= 4 is 5.97 Å². The predicted molar refractivity (Wildman–Crippen MR) is 72.2 cm³/mol. The number of hydrogen-bond donors (Lipinski definition) is 0. The van der Waals surface area contributed by atoms with Crippen LogP contribution in [0.3, 0.4) is 0 Å². The maximum Gasteiger partial charge on any atom is 0.302 e. The van der Waals surface area contributed by atoms with Crippen LogP contribution < -0.4 is 0 Å². The van der Waals surface area contributed by atoms with E-state index in [0.29, 0.717) is 6.61 Å². The molecule has 2 nitrogen and oxygen atoms in total. The summed E-state index contributed by atoms with van der Waals surface area (Å²) in [5.41, 5.74) is 3.59. The Labute approximate surface area is 107 Å². The van der Waals surface area contributed by atoms with E-state index in [2.05, 4.69) is 24.3 Å². The van der Waals surface area contributed by atoms with Gasteiger partial charge < -0.3 is 4.74 Å². The van der Waals surface area contributed by atoms with Crippen LogP contribution in [0.15, 0.2) is 54.6 Å². The minimum Gasteiger partial charge on any atom is -0.466 e. The van der Waals surface area contributed by atoms with Gasteiger partial charge in [0.05, 0.1) is 6.61 Å².